The topological polar surface area (TPSA) is 40.5 Å². The molecule has 1 fully saturated rings. The standard InChI is InChI=1S/C20H34O2/c1-15-6-5-7-18-19(15,3)11-8-16(2)20(18,4)12-9-17(14-22)10-13-21/h6,10,16,18,21-22H,5,7-9,11-14H2,1-4H3/b17-10-/t16-,18+,19+,20+/m0/s1. The van der Waals surface area contributed by atoms with Crippen molar-refractivity contribution in [2.24, 2.45) is 22.7 Å². The summed E-state index contributed by atoms with van der Waals surface area (Å²) >= 11 is 0. The predicted molar refractivity (Wildman–Crippen MR) is 92.6 cm³/mol. The third kappa shape index (κ3) is 3.05. The quantitative estimate of drug-likeness (QED) is 0.735. The van der Waals surface area contributed by atoms with Gasteiger partial charge in [-0.05, 0) is 73.7 Å². The number of aliphatic hydroxyl groups excluding tert-OH is 2. The Balaban J connectivity index is 2.22. The molecule has 0 aromatic rings. The molecule has 2 N–H and O–H groups in total. The maximum absolute atomic E-state index is 9.47. The first-order chi connectivity index (χ1) is 10.4. The van der Waals surface area contributed by atoms with E-state index in [0.717, 1.165) is 30.3 Å². The summed E-state index contributed by atoms with van der Waals surface area (Å²) in [6.45, 7) is 9.81. The van der Waals surface area contributed by atoms with Crippen molar-refractivity contribution in [1.82, 2.24) is 0 Å². The molecule has 0 unspecified atom stereocenters. The van der Waals surface area contributed by atoms with E-state index in [1.54, 1.807) is 11.6 Å². The lowest BCUT2D eigenvalue weighted by atomic mass is 9.47. The molecule has 2 nitrogen and oxygen atoms in total. The molecule has 22 heavy (non-hydrogen) atoms. The van der Waals surface area contributed by atoms with Crippen LogP contribution in [0.4, 0.5) is 0 Å². The van der Waals surface area contributed by atoms with Crippen LogP contribution >= 0.6 is 0 Å². The molecule has 4 atom stereocenters. The molecule has 1 saturated carbocycles. The summed E-state index contributed by atoms with van der Waals surface area (Å²) in [5.74, 6) is 1.47. The van der Waals surface area contributed by atoms with Crippen LogP contribution in [0, 0.1) is 22.7 Å². The normalized spacial score (nSPS) is 39.4. The van der Waals surface area contributed by atoms with Crippen molar-refractivity contribution in [3.8, 4) is 0 Å². The van der Waals surface area contributed by atoms with Crippen molar-refractivity contribution >= 4 is 0 Å². The summed E-state index contributed by atoms with van der Waals surface area (Å²) in [6, 6.07) is 0. The van der Waals surface area contributed by atoms with Gasteiger partial charge in [-0.2, -0.15) is 0 Å². The second kappa shape index (κ2) is 6.88. The first-order valence-corrected chi connectivity index (χ1v) is 8.95. The molecular formula is C20H34O2. The Morgan fingerprint density at radius 2 is 2.05 bits per heavy atom. The third-order valence-corrected chi connectivity index (χ3v) is 7.16. The zero-order valence-corrected chi connectivity index (χ0v) is 14.9. The maximum Gasteiger partial charge on any atom is 0.0642 e. The molecule has 2 aliphatic rings. The summed E-state index contributed by atoms with van der Waals surface area (Å²) in [5, 5.41) is 18.6. The van der Waals surface area contributed by atoms with E-state index in [9.17, 15) is 5.11 Å². The highest BCUT2D eigenvalue weighted by Crippen LogP contribution is 2.61. The minimum Gasteiger partial charge on any atom is -0.392 e. The van der Waals surface area contributed by atoms with Crippen LogP contribution in [-0.4, -0.2) is 23.4 Å². The number of allylic oxidation sites excluding steroid dienone is 2. The monoisotopic (exact) mass is 306 g/mol. The van der Waals surface area contributed by atoms with E-state index in [1.165, 1.54) is 25.7 Å². The number of hydrogen-bond acceptors (Lipinski definition) is 2. The minimum absolute atomic E-state index is 0.0329. The average molecular weight is 306 g/mol. The average Bonchev–Trinajstić information content (AvgIpc) is 2.50. The fraction of sp³-hybridized carbons (Fsp3) is 0.800. The molecular weight excluding hydrogens is 272 g/mol. The van der Waals surface area contributed by atoms with Gasteiger partial charge in [-0.1, -0.05) is 38.5 Å². The van der Waals surface area contributed by atoms with Gasteiger partial charge in [0.05, 0.1) is 13.2 Å². The molecule has 0 bridgehead atoms. The van der Waals surface area contributed by atoms with Gasteiger partial charge in [0, 0.05) is 0 Å². The van der Waals surface area contributed by atoms with E-state index < -0.39 is 0 Å². The van der Waals surface area contributed by atoms with Gasteiger partial charge in [0.25, 0.3) is 0 Å². The van der Waals surface area contributed by atoms with Crippen LogP contribution in [0.3, 0.4) is 0 Å². The highest BCUT2D eigenvalue weighted by Gasteiger charge is 2.52. The molecule has 0 saturated heterocycles. The van der Waals surface area contributed by atoms with Crippen LogP contribution in [0.15, 0.2) is 23.3 Å². The second-order valence-electron chi connectivity index (χ2n) is 8.08. The predicted octanol–water partition coefficient (Wildman–Crippen LogP) is 4.48. The zero-order chi connectivity index (χ0) is 16.4. The van der Waals surface area contributed by atoms with Gasteiger partial charge < -0.3 is 10.2 Å². The lowest BCUT2D eigenvalue weighted by Crippen LogP contribution is -2.49. The Morgan fingerprint density at radius 1 is 1.32 bits per heavy atom. The van der Waals surface area contributed by atoms with Gasteiger partial charge in [-0.15, -0.1) is 0 Å². The Hall–Kier alpha value is -0.600. The van der Waals surface area contributed by atoms with Crippen molar-refractivity contribution in [3.05, 3.63) is 23.3 Å². The number of fused-ring (bicyclic) bond motifs is 1. The van der Waals surface area contributed by atoms with Gasteiger partial charge in [0.1, 0.15) is 0 Å². The number of aliphatic hydroxyl groups is 2. The third-order valence-electron chi connectivity index (χ3n) is 7.16. The van der Waals surface area contributed by atoms with E-state index >= 15 is 0 Å². The summed E-state index contributed by atoms with van der Waals surface area (Å²) in [6.07, 6.45) is 11.4. The second-order valence-corrected chi connectivity index (χ2v) is 8.08. The zero-order valence-electron chi connectivity index (χ0n) is 14.9. The number of rotatable bonds is 5. The van der Waals surface area contributed by atoms with Gasteiger partial charge in [0.2, 0.25) is 0 Å². The van der Waals surface area contributed by atoms with Crippen molar-refractivity contribution in [2.75, 3.05) is 13.2 Å². The van der Waals surface area contributed by atoms with E-state index in [0.29, 0.717) is 10.8 Å². The molecule has 2 rings (SSSR count). The fourth-order valence-corrected chi connectivity index (χ4v) is 5.14. The summed E-state index contributed by atoms with van der Waals surface area (Å²) < 4.78 is 0. The SMILES string of the molecule is CC1=CCC[C@H]2[C@](C)(CC/C(=C/CO)CO)[C@@H](C)CC[C@]12C. The van der Waals surface area contributed by atoms with Gasteiger partial charge in [0.15, 0.2) is 0 Å². The summed E-state index contributed by atoms with van der Waals surface area (Å²) in [7, 11) is 0. The first kappa shape index (κ1) is 17.7. The molecule has 0 radical (unpaired) electrons. The Kier molecular flexibility index (Phi) is 5.55. The largest absolute Gasteiger partial charge is 0.392 e. The van der Waals surface area contributed by atoms with Crippen LogP contribution in [0.1, 0.15) is 66.2 Å². The van der Waals surface area contributed by atoms with Crippen LogP contribution < -0.4 is 0 Å². The van der Waals surface area contributed by atoms with Crippen LogP contribution in [-0.2, 0) is 0 Å². The van der Waals surface area contributed by atoms with E-state index in [1.807, 2.05) is 0 Å². The Labute approximate surface area is 136 Å². The highest BCUT2D eigenvalue weighted by molar-refractivity contribution is 5.21. The minimum atomic E-state index is 0.0329. The van der Waals surface area contributed by atoms with Crippen LogP contribution in [0.25, 0.3) is 0 Å². The Bertz CT molecular complexity index is 451. The molecule has 0 aliphatic heterocycles. The van der Waals surface area contributed by atoms with Gasteiger partial charge >= 0.3 is 0 Å². The van der Waals surface area contributed by atoms with Crippen LogP contribution in [0.5, 0.6) is 0 Å². The Morgan fingerprint density at radius 3 is 2.68 bits per heavy atom. The molecule has 0 aromatic heterocycles. The molecule has 0 aromatic carbocycles. The van der Waals surface area contributed by atoms with Crippen molar-refractivity contribution in [2.45, 2.75) is 66.2 Å². The molecule has 0 spiro atoms. The summed E-state index contributed by atoms with van der Waals surface area (Å²) in [5.41, 5.74) is 3.27. The van der Waals surface area contributed by atoms with E-state index in [4.69, 9.17) is 5.11 Å². The lowest BCUT2D eigenvalue weighted by molar-refractivity contribution is -0.0469. The van der Waals surface area contributed by atoms with Crippen molar-refractivity contribution in [3.63, 3.8) is 0 Å². The molecule has 0 heterocycles. The highest BCUT2D eigenvalue weighted by atomic mass is 16.3. The fourth-order valence-electron chi connectivity index (χ4n) is 5.14. The molecule has 2 aliphatic carbocycles. The number of hydrogen-bond donors (Lipinski definition) is 2. The van der Waals surface area contributed by atoms with E-state index in [2.05, 4.69) is 33.8 Å². The van der Waals surface area contributed by atoms with Crippen molar-refractivity contribution < 1.29 is 10.2 Å². The van der Waals surface area contributed by atoms with Crippen molar-refractivity contribution in [1.29, 1.82) is 0 Å². The maximum atomic E-state index is 9.47. The van der Waals surface area contributed by atoms with Gasteiger partial charge in [-0.3, -0.25) is 0 Å². The lowest BCUT2D eigenvalue weighted by Gasteiger charge is -2.58. The first-order valence-electron chi connectivity index (χ1n) is 8.95. The molecule has 0 amide bonds. The van der Waals surface area contributed by atoms with Gasteiger partial charge in [-0.25, -0.2) is 0 Å². The van der Waals surface area contributed by atoms with Crippen LogP contribution in [0.2, 0.25) is 0 Å². The summed E-state index contributed by atoms with van der Waals surface area (Å²) in [4.78, 5) is 0. The molecule has 126 valence electrons. The smallest absolute Gasteiger partial charge is 0.0642 e. The van der Waals surface area contributed by atoms with E-state index in [-0.39, 0.29) is 13.2 Å². The molecule has 2 heteroatoms.